The standard InChI is InChI=1S/C21H17FN4O2.C4H5NS/c1-13-10-23-21(25-13)19(27)18-11-26(12-24-18)15-6-3-5-14(9-15)16-7-4-8-17(22)20(16)28-2;1-4-2-5-3-6-4/h3-12H,1-2H3,(H,23,25);2-3H,1H3. The van der Waals surface area contributed by atoms with Crippen LogP contribution in [0, 0.1) is 19.7 Å². The number of hydrogen-bond donors (Lipinski definition) is 1. The smallest absolute Gasteiger partial charge is 0.248 e. The van der Waals surface area contributed by atoms with Gasteiger partial charge in [-0.2, -0.15) is 0 Å². The van der Waals surface area contributed by atoms with Crippen molar-refractivity contribution in [2.45, 2.75) is 13.8 Å². The van der Waals surface area contributed by atoms with Crippen molar-refractivity contribution in [2.24, 2.45) is 0 Å². The molecule has 1 N–H and O–H groups in total. The van der Waals surface area contributed by atoms with Crippen LogP contribution in [0.15, 0.2) is 72.9 Å². The number of hydrogen-bond acceptors (Lipinski definition) is 6. The van der Waals surface area contributed by atoms with Crippen LogP contribution in [0.2, 0.25) is 0 Å². The molecule has 3 aromatic heterocycles. The van der Waals surface area contributed by atoms with Crippen molar-refractivity contribution >= 4 is 17.1 Å². The zero-order valence-electron chi connectivity index (χ0n) is 18.8. The Morgan fingerprint density at radius 2 is 1.94 bits per heavy atom. The second kappa shape index (κ2) is 10.2. The van der Waals surface area contributed by atoms with E-state index in [1.165, 1.54) is 18.1 Å². The van der Waals surface area contributed by atoms with E-state index in [-0.39, 0.29) is 23.1 Å². The summed E-state index contributed by atoms with van der Waals surface area (Å²) in [6.45, 7) is 3.87. The lowest BCUT2D eigenvalue weighted by atomic mass is 10.0. The summed E-state index contributed by atoms with van der Waals surface area (Å²) in [5.74, 6) is -0.264. The fourth-order valence-corrected chi connectivity index (χ4v) is 3.70. The topological polar surface area (TPSA) is 85.7 Å². The molecule has 0 bridgehead atoms. The van der Waals surface area contributed by atoms with Crippen molar-refractivity contribution in [2.75, 3.05) is 7.11 Å². The van der Waals surface area contributed by atoms with Crippen molar-refractivity contribution in [3.05, 3.63) is 101 Å². The molecule has 0 unspecified atom stereocenters. The number of aryl methyl sites for hydroxylation is 2. The van der Waals surface area contributed by atoms with E-state index in [4.69, 9.17) is 4.74 Å². The van der Waals surface area contributed by atoms with Gasteiger partial charge in [-0.1, -0.05) is 24.3 Å². The number of ether oxygens (including phenoxy) is 1. The molecule has 0 amide bonds. The van der Waals surface area contributed by atoms with Gasteiger partial charge in [0.25, 0.3) is 0 Å². The molecular weight excluding hydrogens is 453 g/mol. The lowest BCUT2D eigenvalue weighted by Gasteiger charge is -2.11. The maximum atomic E-state index is 14.0. The largest absolute Gasteiger partial charge is 0.493 e. The average molecular weight is 476 g/mol. The third-order valence-corrected chi connectivity index (χ3v) is 5.62. The Bertz CT molecular complexity index is 1410. The van der Waals surface area contributed by atoms with Gasteiger partial charge in [-0.15, -0.1) is 11.3 Å². The lowest BCUT2D eigenvalue weighted by Crippen LogP contribution is -2.04. The molecule has 3 heterocycles. The number of rotatable bonds is 5. The molecule has 0 saturated carbocycles. The fourth-order valence-electron chi connectivity index (χ4n) is 3.29. The number of carbonyl (C=O) groups is 1. The van der Waals surface area contributed by atoms with E-state index in [2.05, 4.69) is 19.9 Å². The van der Waals surface area contributed by atoms with E-state index in [9.17, 15) is 9.18 Å². The Morgan fingerprint density at radius 1 is 1.12 bits per heavy atom. The number of imidazole rings is 2. The molecule has 5 rings (SSSR count). The molecule has 0 spiro atoms. The van der Waals surface area contributed by atoms with Gasteiger partial charge in [0.1, 0.15) is 12.0 Å². The summed E-state index contributed by atoms with van der Waals surface area (Å²) in [5.41, 5.74) is 5.13. The van der Waals surface area contributed by atoms with Gasteiger partial charge in [0.15, 0.2) is 17.4 Å². The number of ketones is 1. The predicted octanol–water partition coefficient (Wildman–Crippen LogP) is 5.40. The Hall–Kier alpha value is -4.11. The second-order valence-corrected chi connectivity index (χ2v) is 8.48. The quantitative estimate of drug-likeness (QED) is 0.344. The maximum Gasteiger partial charge on any atom is 0.248 e. The third kappa shape index (κ3) is 5.10. The summed E-state index contributed by atoms with van der Waals surface area (Å²) in [6, 6.07) is 12.3. The zero-order chi connectivity index (χ0) is 24.1. The number of nitrogens with one attached hydrogen (secondary N) is 1. The van der Waals surface area contributed by atoms with E-state index < -0.39 is 5.82 Å². The van der Waals surface area contributed by atoms with E-state index in [1.54, 1.807) is 46.8 Å². The molecule has 0 aliphatic heterocycles. The third-order valence-electron chi connectivity index (χ3n) is 4.92. The van der Waals surface area contributed by atoms with Crippen molar-refractivity contribution in [3.63, 3.8) is 0 Å². The molecule has 0 atom stereocenters. The number of aromatic amines is 1. The second-order valence-electron chi connectivity index (χ2n) is 7.39. The first-order valence-corrected chi connectivity index (χ1v) is 11.2. The molecule has 5 aromatic rings. The van der Waals surface area contributed by atoms with Crippen molar-refractivity contribution in [1.82, 2.24) is 24.5 Å². The first kappa shape index (κ1) is 23.1. The summed E-state index contributed by atoms with van der Waals surface area (Å²) >= 11 is 1.67. The van der Waals surface area contributed by atoms with Gasteiger partial charge in [0, 0.05) is 40.4 Å². The van der Waals surface area contributed by atoms with Gasteiger partial charge in [0.2, 0.25) is 5.78 Å². The number of thiazole rings is 1. The summed E-state index contributed by atoms with van der Waals surface area (Å²) in [5, 5.41) is 0. The van der Waals surface area contributed by atoms with Crippen LogP contribution in [-0.2, 0) is 0 Å². The zero-order valence-corrected chi connectivity index (χ0v) is 19.6. The first-order chi connectivity index (χ1) is 16.5. The number of carbonyl (C=O) groups excluding carboxylic acids is 1. The van der Waals surface area contributed by atoms with Gasteiger partial charge < -0.3 is 14.3 Å². The van der Waals surface area contributed by atoms with Crippen LogP contribution in [0.3, 0.4) is 0 Å². The Balaban J connectivity index is 0.000000398. The summed E-state index contributed by atoms with van der Waals surface area (Å²) in [7, 11) is 1.44. The van der Waals surface area contributed by atoms with Crippen LogP contribution >= 0.6 is 11.3 Å². The van der Waals surface area contributed by atoms with E-state index >= 15 is 0 Å². The van der Waals surface area contributed by atoms with Crippen LogP contribution in [0.25, 0.3) is 16.8 Å². The van der Waals surface area contributed by atoms with Crippen LogP contribution in [-0.4, -0.2) is 37.4 Å². The highest BCUT2D eigenvalue weighted by Gasteiger charge is 2.16. The van der Waals surface area contributed by atoms with Gasteiger partial charge in [-0.05, 0) is 37.6 Å². The minimum atomic E-state index is -0.422. The summed E-state index contributed by atoms with van der Waals surface area (Å²) in [6.07, 6.45) is 6.65. The van der Waals surface area contributed by atoms with Gasteiger partial charge in [-0.3, -0.25) is 9.78 Å². The molecule has 9 heteroatoms. The van der Waals surface area contributed by atoms with Gasteiger partial charge in [-0.25, -0.2) is 14.4 Å². The SMILES string of the molecule is COc1c(F)cccc1-c1cccc(-n2cnc(C(=O)c3ncc(C)[nH]3)c2)c1.Cc1cncs1. The average Bonchev–Trinajstić information content (AvgIpc) is 3.61. The number of para-hydroxylation sites is 1. The van der Waals surface area contributed by atoms with Crippen LogP contribution in [0.1, 0.15) is 26.9 Å². The molecule has 0 aliphatic rings. The molecule has 0 aliphatic carbocycles. The van der Waals surface area contributed by atoms with Crippen LogP contribution < -0.4 is 4.74 Å². The number of H-pyrrole nitrogens is 1. The minimum absolute atomic E-state index is 0.189. The molecule has 34 heavy (non-hydrogen) atoms. The molecule has 2 aromatic carbocycles. The van der Waals surface area contributed by atoms with Crippen LogP contribution in [0.4, 0.5) is 4.39 Å². The highest BCUT2D eigenvalue weighted by atomic mass is 32.1. The highest BCUT2D eigenvalue weighted by Crippen LogP contribution is 2.33. The maximum absolute atomic E-state index is 14.0. The van der Waals surface area contributed by atoms with E-state index in [0.29, 0.717) is 5.56 Å². The molecular formula is C25H22FN5O2S. The van der Waals surface area contributed by atoms with Crippen LogP contribution in [0.5, 0.6) is 5.75 Å². The normalized spacial score (nSPS) is 10.5. The first-order valence-electron chi connectivity index (χ1n) is 10.3. The number of aromatic nitrogens is 5. The van der Waals surface area contributed by atoms with Crippen molar-refractivity contribution in [3.8, 4) is 22.6 Å². The monoisotopic (exact) mass is 475 g/mol. The molecule has 172 valence electrons. The molecule has 0 saturated heterocycles. The van der Waals surface area contributed by atoms with E-state index in [0.717, 1.165) is 16.9 Å². The number of halogens is 1. The predicted molar refractivity (Wildman–Crippen MR) is 129 cm³/mol. The minimum Gasteiger partial charge on any atom is -0.493 e. The molecule has 0 fully saturated rings. The Labute approximate surface area is 199 Å². The Kier molecular flexibility index (Phi) is 6.93. The summed E-state index contributed by atoms with van der Waals surface area (Å²) in [4.78, 5) is 28.8. The number of benzene rings is 2. The number of nitrogens with zero attached hydrogens (tertiary/aromatic N) is 4. The fraction of sp³-hybridized carbons (Fsp3) is 0.120. The molecule has 7 nitrogen and oxygen atoms in total. The van der Waals surface area contributed by atoms with Crippen molar-refractivity contribution < 1.29 is 13.9 Å². The highest BCUT2D eigenvalue weighted by molar-refractivity contribution is 7.09. The summed E-state index contributed by atoms with van der Waals surface area (Å²) < 4.78 is 21.0. The Morgan fingerprint density at radius 3 is 2.59 bits per heavy atom. The van der Waals surface area contributed by atoms with E-state index in [1.807, 2.05) is 49.8 Å². The van der Waals surface area contributed by atoms with Gasteiger partial charge >= 0.3 is 0 Å². The molecule has 0 radical (unpaired) electrons. The lowest BCUT2D eigenvalue weighted by molar-refractivity contribution is 0.102. The number of methoxy groups -OCH3 is 1. The van der Waals surface area contributed by atoms with Crippen molar-refractivity contribution in [1.29, 1.82) is 0 Å². The van der Waals surface area contributed by atoms with Gasteiger partial charge in [0.05, 0.1) is 12.6 Å².